The molecule has 0 aliphatic rings. The van der Waals surface area contributed by atoms with Crippen LogP contribution in [0.1, 0.15) is 29.1 Å². The van der Waals surface area contributed by atoms with Gasteiger partial charge in [-0.1, -0.05) is 48.0 Å². The van der Waals surface area contributed by atoms with Crippen LogP contribution < -0.4 is 15.3 Å². The van der Waals surface area contributed by atoms with E-state index in [9.17, 15) is 9.59 Å². The molecule has 3 rings (SSSR count). The molecule has 1 unspecified atom stereocenters. The number of hydrogen-bond donors (Lipinski definition) is 2. The smallest absolute Gasteiger partial charge is 0.308 e. The van der Waals surface area contributed by atoms with Crippen LogP contribution in [0.4, 0.5) is 10.5 Å². The predicted octanol–water partition coefficient (Wildman–Crippen LogP) is 3.38. The van der Waals surface area contributed by atoms with Crippen molar-refractivity contribution in [3.8, 4) is 0 Å². The van der Waals surface area contributed by atoms with Crippen molar-refractivity contribution in [1.82, 2.24) is 10.6 Å². The number of carbonyl (C=O) groups is 2. The Morgan fingerprint density at radius 1 is 1.19 bits per heavy atom. The molecule has 3 amide bonds. The molecule has 8 heteroatoms. The number of rotatable bonds is 5. The zero-order chi connectivity index (χ0) is 19.2. The van der Waals surface area contributed by atoms with E-state index in [1.54, 1.807) is 28.9 Å². The fraction of sp³-hybridized carbons (Fsp3) is 0.158. The minimum atomic E-state index is -0.692. The Bertz CT molecular complexity index is 943. The average molecular weight is 386 g/mol. The van der Waals surface area contributed by atoms with Gasteiger partial charge in [0, 0.05) is 24.1 Å². The molecule has 3 aromatic rings. The first-order valence-corrected chi connectivity index (χ1v) is 8.69. The van der Waals surface area contributed by atoms with E-state index in [0.29, 0.717) is 10.7 Å². The Kier molecular flexibility index (Phi) is 5.83. The van der Waals surface area contributed by atoms with E-state index in [1.165, 1.54) is 6.20 Å². The molecule has 0 saturated carbocycles. The molecule has 2 aromatic carbocycles. The number of hydrogen-bond acceptors (Lipinski definition) is 4. The molecule has 1 atom stereocenters. The van der Waals surface area contributed by atoms with Crippen molar-refractivity contribution in [2.24, 2.45) is 0 Å². The van der Waals surface area contributed by atoms with Gasteiger partial charge >= 0.3 is 11.9 Å². The molecule has 1 aromatic heterocycles. The zero-order valence-electron chi connectivity index (χ0n) is 14.6. The Morgan fingerprint density at radius 3 is 2.70 bits per heavy atom. The van der Waals surface area contributed by atoms with Gasteiger partial charge in [-0.15, -0.1) is 0 Å². The zero-order valence-corrected chi connectivity index (χ0v) is 15.3. The van der Waals surface area contributed by atoms with Crippen molar-refractivity contribution < 1.29 is 18.8 Å². The highest BCUT2D eigenvalue weighted by Crippen LogP contribution is 2.14. The maximum atomic E-state index is 12.2. The largest absolute Gasteiger partial charge is 0.326 e. The summed E-state index contributed by atoms with van der Waals surface area (Å²) in [5.74, 6) is -0.746. The fourth-order valence-electron chi connectivity index (χ4n) is 2.51. The summed E-state index contributed by atoms with van der Waals surface area (Å²) in [6.07, 6.45) is 2.20. The van der Waals surface area contributed by atoms with Crippen LogP contribution in [0.15, 0.2) is 65.3 Å². The van der Waals surface area contributed by atoms with E-state index in [0.717, 1.165) is 12.0 Å². The number of aromatic nitrogens is 2. The molecule has 7 nitrogen and oxygen atoms in total. The standard InChI is InChI=1S/C19H17ClN4O3/c1-13(10-14-6-3-2-4-7-14)24-12-17(27-23-24)18(25)22-19(26)21-16-9-5-8-15(20)11-16/h2-9,11-13H,10H2,1H3,(H-,21,22,25,26)/p+1. The van der Waals surface area contributed by atoms with Gasteiger partial charge in [-0.05, 0) is 28.4 Å². The SMILES string of the molecule is CC(Cc1ccccc1)[n+]1cc(C(=O)NC(=O)Nc2cccc(Cl)c2)on1. The van der Waals surface area contributed by atoms with Gasteiger partial charge in [0.1, 0.15) is 0 Å². The van der Waals surface area contributed by atoms with E-state index in [4.69, 9.17) is 16.1 Å². The second kappa shape index (κ2) is 8.46. The Hall–Kier alpha value is -3.19. The van der Waals surface area contributed by atoms with Crippen molar-refractivity contribution in [2.75, 3.05) is 5.32 Å². The van der Waals surface area contributed by atoms with E-state index in [-0.39, 0.29) is 11.8 Å². The van der Waals surface area contributed by atoms with E-state index in [2.05, 4.69) is 15.9 Å². The summed E-state index contributed by atoms with van der Waals surface area (Å²) in [5.41, 5.74) is 1.62. The number of halogens is 1. The molecule has 1 heterocycles. The molecular weight excluding hydrogens is 368 g/mol. The lowest BCUT2D eigenvalue weighted by Gasteiger charge is -2.04. The van der Waals surface area contributed by atoms with Crippen LogP contribution >= 0.6 is 11.6 Å². The number of nitrogens with one attached hydrogen (secondary N) is 2. The number of anilines is 1. The molecule has 0 saturated heterocycles. The number of benzene rings is 2. The second-order valence-electron chi connectivity index (χ2n) is 6.00. The molecule has 0 aliphatic heterocycles. The van der Waals surface area contributed by atoms with Gasteiger partial charge in [0.2, 0.25) is 0 Å². The van der Waals surface area contributed by atoms with Crippen LogP contribution in [0, 0.1) is 0 Å². The lowest BCUT2D eigenvalue weighted by molar-refractivity contribution is -0.782. The van der Waals surface area contributed by atoms with Crippen LogP contribution in [-0.2, 0) is 6.42 Å². The van der Waals surface area contributed by atoms with Crippen LogP contribution in [0.5, 0.6) is 0 Å². The average Bonchev–Trinajstić information content (AvgIpc) is 3.13. The summed E-state index contributed by atoms with van der Waals surface area (Å²) >= 11 is 5.86. The van der Waals surface area contributed by atoms with Crippen molar-refractivity contribution in [2.45, 2.75) is 19.4 Å². The summed E-state index contributed by atoms with van der Waals surface area (Å²) in [6.45, 7) is 1.96. The Morgan fingerprint density at radius 2 is 1.96 bits per heavy atom. The van der Waals surface area contributed by atoms with Crippen LogP contribution in [0.3, 0.4) is 0 Å². The first-order valence-electron chi connectivity index (χ1n) is 8.31. The molecule has 0 radical (unpaired) electrons. The van der Waals surface area contributed by atoms with Crippen molar-refractivity contribution >= 4 is 29.2 Å². The van der Waals surface area contributed by atoms with E-state index < -0.39 is 11.9 Å². The third-order valence-electron chi connectivity index (χ3n) is 3.84. The maximum Gasteiger partial charge on any atom is 0.326 e. The number of nitrogens with zero attached hydrogens (tertiary/aromatic N) is 2. The lowest BCUT2D eigenvalue weighted by Crippen LogP contribution is -2.40. The van der Waals surface area contributed by atoms with Crippen molar-refractivity contribution in [3.63, 3.8) is 0 Å². The van der Waals surface area contributed by atoms with Crippen LogP contribution in [0.2, 0.25) is 5.02 Å². The Labute approximate surface area is 160 Å². The van der Waals surface area contributed by atoms with E-state index in [1.807, 2.05) is 37.3 Å². The highest BCUT2D eigenvalue weighted by Gasteiger charge is 2.24. The molecular formula is C19H18ClN4O3+. The van der Waals surface area contributed by atoms with E-state index >= 15 is 0 Å². The summed E-state index contributed by atoms with van der Waals surface area (Å²) in [6, 6.07) is 15.8. The quantitative estimate of drug-likeness (QED) is 0.659. The van der Waals surface area contributed by atoms with Gasteiger partial charge in [-0.3, -0.25) is 14.6 Å². The van der Waals surface area contributed by atoms with Gasteiger partial charge in [0.25, 0.3) is 12.0 Å². The summed E-state index contributed by atoms with van der Waals surface area (Å²) in [4.78, 5) is 24.1. The summed E-state index contributed by atoms with van der Waals surface area (Å²) in [5, 5.41) is 9.05. The van der Waals surface area contributed by atoms with Crippen LogP contribution in [-0.4, -0.2) is 17.2 Å². The number of amides is 3. The monoisotopic (exact) mass is 385 g/mol. The van der Waals surface area contributed by atoms with Gasteiger partial charge in [-0.25, -0.2) is 4.79 Å². The highest BCUT2D eigenvalue weighted by atomic mass is 35.5. The minimum absolute atomic E-state index is 0.0158. The van der Waals surface area contributed by atoms with Crippen molar-refractivity contribution in [1.29, 1.82) is 0 Å². The first-order chi connectivity index (χ1) is 13.0. The normalized spacial score (nSPS) is 11.6. The van der Waals surface area contributed by atoms with Crippen LogP contribution in [0.25, 0.3) is 0 Å². The molecule has 27 heavy (non-hydrogen) atoms. The van der Waals surface area contributed by atoms with Gasteiger partial charge in [-0.2, -0.15) is 0 Å². The lowest BCUT2D eigenvalue weighted by atomic mass is 10.1. The molecule has 0 aliphatic carbocycles. The van der Waals surface area contributed by atoms with Crippen molar-refractivity contribution in [3.05, 3.63) is 77.1 Å². The topological polar surface area (TPSA) is 88.1 Å². The third-order valence-corrected chi connectivity index (χ3v) is 4.08. The number of carbonyl (C=O) groups excluding carboxylic acids is 2. The molecule has 0 bridgehead atoms. The molecule has 0 spiro atoms. The number of urea groups is 1. The summed E-state index contributed by atoms with van der Waals surface area (Å²) < 4.78 is 6.61. The van der Waals surface area contributed by atoms with Gasteiger partial charge < -0.3 is 5.32 Å². The molecule has 138 valence electrons. The van der Waals surface area contributed by atoms with Gasteiger partial charge in [0.05, 0.1) is 0 Å². The minimum Gasteiger partial charge on any atom is -0.308 e. The summed E-state index contributed by atoms with van der Waals surface area (Å²) in [7, 11) is 0. The fourth-order valence-corrected chi connectivity index (χ4v) is 2.70. The molecule has 0 fully saturated rings. The molecule has 2 N–H and O–H groups in total. The predicted molar refractivity (Wildman–Crippen MR) is 99.5 cm³/mol. The highest BCUT2D eigenvalue weighted by molar-refractivity contribution is 6.30. The number of imide groups is 1. The second-order valence-corrected chi connectivity index (χ2v) is 6.44. The Balaban J connectivity index is 1.58. The third kappa shape index (κ3) is 5.15. The first kappa shape index (κ1) is 18.6. The maximum absolute atomic E-state index is 12.2. The van der Waals surface area contributed by atoms with Gasteiger partial charge in [0.15, 0.2) is 11.3 Å².